The molecule has 1 heteroatoms. The minimum atomic E-state index is 0.172. The molecule has 0 fully saturated rings. The highest BCUT2D eigenvalue weighted by atomic mass is 16.3. The molecule has 0 aromatic heterocycles. The normalized spacial score (nSPS) is 13.1. The SMILES string of the molecule is CCCCCCCCCCCCCCCCCCCCC(C)(CO)CCCCCCCCCCCCCCCCCC. The Balaban J connectivity index is 3.37. The number of rotatable bonds is 37. The van der Waals surface area contributed by atoms with Crippen molar-refractivity contribution in [3.63, 3.8) is 0 Å². The van der Waals surface area contributed by atoms with Crippen LogP contribution in [0.15, 0.2) is 0 Å². The molecule has 0 radical (unpaired) electrons. The lowest BCUT2D eigenvalue weighted by atomic mass is 9.80. The van der Waals surface area contributed by atoms with Crippen LogP contribution in [0.4, 0.5) is 0 Å². The summed E-state index contributed by atoms with van der Waals surface area (Å²) in [6, 6.07) is 0. The standard InChI is InChI=1S/C41H84O/c1-4-6-8-10-12-14-16-18-20-22-23-25-27-29-31-33-35-37-39-41(3,40-42)38-36-34-32-30-28-26-24-21-19-17-15-13-11-9-7-5-2/h42H,4-40H2,1-3H3. The summed E-state index contributed by atoms with van der Waals surface area (Å²) >= 11 is 0. The van der Waals surface area contributed by atoms with Crippen molar-refractivity contribution in [1.82, 2.24) is 0 Å². The first-order chi connectivity index (χ1) is 20.7. The minimum absolute atomic E-state index is 0.172. The van der Waals surface area contributed by atoms with Crippen molar-refractivity contribution < 1.29 is 5.11 Å². The Kier molecular flexibility index (Phi) is 35.4. The average molecular weight is 593 g/mol. The summed E-state index contributed by atoms with van der Waals surface area (Å²) in [5, 5.41) is 10.1. The summed E-state index contributed by atoms with van der Waals surface area (Å²) in [5.41, 5.74) is 0.172. The quantitative estimate of drug-likeness (QED) is 0.0711. The number of hydrogen-bond acceptors (Lipinski definition) is 1. The van der Waals surface area contributed by atoms with Gasteiger partial charge in [0, 0.05) is 6.61 Å². The zero-order valence-corrected chi connectivity index (χ0v) is 30.1. The second-order valence-electron chi connectivity index (χ2n) is 14.8. The van der Waals surface area contributed by atoms with Crippen LogP contribution in [0.3, 0.4) is 0 Å². The molecule has 0 heterocycles. The van der Waals surface area contributed by atoms with Gasteiger partial charge < -0.3 is 5.11 Å². The molecule has 0 saturated carbocycles. The van der Waals surface area contributed by atoms with Crippen molar-refractivity contribution in [3.8, 4) is 0 Å². The maximum atomic E-state index is 10.1. The minimum Gasteiger partial charge on any atom is -0.396 e. The molecule has 254 valence electrons. The van der Waals surface area contributed by atoms with Crippen LogP contribution in [0.2, 0.25) is 0 Å². The maximum absolute atomic E-state index is 10.1. The smallest absolute Gasteiger partial charge is 0.0484 e. The molecule has 1 unspecified atom stereocenters. The molecule has 1 nitrogen and oxygen atoms in total. The first kappa shape index (κ1) is 42.0. The van der Waals surface area contributed by atoms with E-state index in [4.69, 9.17) is 0 Å². The van der Waals surface area contributed by atoms with Crippen LogP contribution < -0.4 is 0 Å². The summed E-state index contributed by atoms with van der Waals surface area (Å²) in [7, 11) is 0. The Morgan fingerprint density at radius 2 is 0.452 bits per heavy atom. The number of unbranched alkanes of at least 4 members (excludes halogenated alkanes) is 32. The van der Waals surface area contributed by atoms with Gasteiger partial charge in [0.1, 0.15) is 0 Å². The van der Waals surface area contributed by atoms with Crippen LogP contribution in [0.5, 0.6) is 0 Å². The average Bonchev–Trinajstić information content (AvgIpc) is 3.00. The zero-order chi connectivity index (χ0) is 30.7. The lowest BCUT2D eigenvalue weighted by Gasteiger charge is -2.27. The van der Waals surface area contributed by atoms with Crippen molar-refractivity contribution in [2.24, 2.45) is 5.41 Å². The Morgan fingerprint density at radius 3 is 0.619 bits per heavy atom. The third-order valence-electron chi connectivity index (χ3n) is 10.1. The van der Waals surface area contributed by atoms with Crippen molar-refractivity contribution in [2.75, 3.05) is 6.61 Å². The summed E-state index contributed by atoms with van der Waals surface area (Å²) in [6.45, 7) is 7.32. The van der Waals surface area contributed by atoms with E-state index in [1.165, 1.54) is 231 Å². The lowest BCUT2D eigenvalue weighted by molar-refractivity contribution is 0.116. The fourth-order valence-electron chi connectivity index (χ4n) is 6.84. The van der Waals surface area contributed by atoms with Gasteiger partial charge in [-0.25, -0.2) is 0 Å². The highest BCUT2D eigenvalue weighted by Crippen LogP contribution is 2.31. The third kappa shape index (κ3) is 32.9. The second-order valence-corrected chi connectivity index (χ2v) is 14.8. The van der Waals surface area contributed by atoms with Crippen molar-refractivity contribution in [1.29, 1.82) is 0 Å². The van der Waals surface area contributed by atoms with Crippen molar-refractivity contribution in [3.05, 3.63) is 0 Å². The van der Waals surface area contributed by atoms with Crippen LogP contribution in [-0.4, -0.2) is 11.7 Å². The highest BCUT2D eigenvalue weighted by molar-refractivity contribution is 4.73. The van der Waals surface area contributed by atoms with E-state index in [1.807, 2.05) is 0 Å². The Bertz CT molecular complexity index is 473. The molecule has 0 aliphatic heterocycles. The van der Waals surface area contributed by atoms with E-state index in [0.29, 0.717) is 6.61 Å². The largest absolute Gasteiger partial charge is 0.396 e. The molecule has 0 aliphatic rings. The predicted molar refractivity (Wildman–Crippen MR) is 193 cm³/mol. The van der Waals surface area contributed by atoms with Crippen molar-refractivity contribution >= 4 is 0 Å². The lowest BCUT2D eigenvalue weighted by Crippen LogP contribution is -2.21. The van der Waals surface area contributed by atoms with E-state index in [1.54, 1.807) is 0 Å². The van der Waals surface area contributed by atoms with Crippen LogP contribution in [0.1, 0.15) is 252 Å². The highest BCUT2D eigenvalue weighted by Gasteiger charge is 2.22. The molecule has 0 amide bonds. The van der Waals surface area contributed by atoms with E-state index in [9.17, 15) is 5.11 Å². The van der Waals surface area contributed by atoms with E-state index >= 15 is 0 Å². The predicted octanol–water partition coefficient (Wildman–Crippen LogP) is 15.1. The summed E-state index contributed by atoms with van der Waals surface area (Å²) in [4.78, 5) is 0. The van der Waals surface area contributed by atoms with Crippen LogP contribution in [-0.2, 0) is 0 Å². The molecular weight excluding hydrogens is 508 g/mol. The van der Waals surface area contributed by atoms with Gasteiger partial charge >= 0.3 is 0 Å². The fourth-order valence-corrected chi connectivity index (χ4v) is 6.84. The third-order valence-corrected chi connectivity index (χ3v) is 10.1. The molecule has 0 saturated heterocycles. The van der Waals surface area contributed by atoms with Gasteiger partial charge in [0.25, 0.3) is 0 Å². The van der Waals surface area contributed by atoms with E-state index in [0.717, 1.165) is 0 Å². The summed E-state index contributed by atoms with van der Waals surface area (Å²) in [5.74, 6) is 0. The fraction of sp³-hybridized carbons (Fsp3) is 1.00. The van der Waals surface area contributed by atoms with Crippen molar-refractivity contribution in [2.45, 2.75) is 252 Å². The topological polar surface area (TPSA) is 20.2 Å². The van der Waals surface area contributed by atoms with Gasteiger partial charge in [-0.05, 0) is 18.3 Å². The monoisotopic (exact) mass is 593 g/mol. The van der Waals surface area contributed by atoms with Gasteiger partial charge in [-0.3, -0.25) is 0 Å². The summed E-state index contributed by atoms with van der Waals surface area (Å²) < 4.78 is 0. The van der Waals surface area contributed by atoms with E-state index in [2.05, 4.69) is 20.8 Å². The van der Waals surface area contributed by atoms with Gasteiger partial charge in [-0.15, -0.1) is 0 Å². The molecule has 0 rings (SSSR count). The molecule has 1 atom stereocenters. The molecule has 0 aliphatic carbocycles. The molecule has 0 spiro atoms. The Labute approximate surface area is 268 Å². The summed E-state index contributed by atoms with van der Waals surface area (Å²) in [6.07, 6.45) is 51.2. The van der Waals surface area contributed by atoms with Gasteiger partial charge in [-0.2, -0.15) is 0 Å². The molecule has 0 aromatic carbocycles. The number of hydrogen-bond donors (Lipinski definition) is 1. The van der Waals surface area contributed by atoms with Gasteiger partial charge in [0.15, 0.2) is 0 Å². The molecular formula is C41H84O. The second kappa shape index (κ2) is 35.4. The van der Waals surface area contributed by atoms with Gasteiger partial charge in [-0.1, -0.05) is 239 Å². The Hall–Kier alpha value is -0.0400. The Morgan fingerprint density at radius 1 is 0.286 bits per heavy atom. The van der Waals surface area contributed by atoms with Crippen LogP contribution >= 0.6 is 0 Å². The van der Waals surface area contributed by atoms with E-state index < -0.39 is 0 Å². The van der Waals surface area contributed by atoms with Gasteiger partial charge in [0.05, 0.1) is 0 Å². The molecule has 0 bridgehead atoms. The maximum Gasteiger partial charge on any atom is 0.0484 e. The zero-order valence-electron chi connectivity index (χ0n) is 30.1. The first-order valence-corrected chi connectivity index (χ1v) is 20.3. The molecule has 0 aromatic rings. The van der Waals surface area contributed by atoms with Gasteiger partial charge in [0.2, 0.25) is 0 Å². The number of aliphatic hydroxyl groups excluding tert-OH is 1. The number of aliphatic hydroxyl groups is 1. The van der Waals surface area contributed by atoms with Crippen LogP contribution in [0, 0.1) is 5.41 Å². The molecule has 1 N–H and O–H groups in total. The van der Waals surface area contributed by atoms with E-state index in [-0.39, 0.29) is 5.41 Å². The first-order valence-electron chi connectivity index (χ1n) is 20.3. The van der Waals surface area contributed by atoms with Crippen LogP contribution in [0.25, 0.3) is 0 Å². The molecule has 42 heavy (non-hydrogen) atoms.